The molecule has 1 aromatic rings. The molecule has 0 aromatic heterocycles. The van der Waals surface area contributed by atoms with Gasteiger partial charge < -0.3 is 0 Å². The van der Waals surface area contributed by atoms with E-state index in [9.17, 15) is 24.0 Å². The van der Waals surface area contributed by atoms with E-state index in [-0.39, 0.29) is 180 Å². The Morgan fingerprint density at radius 1 is 0.514 bits per heavy atom. The summed E-state index contributed by atoms with van der Waals surface area (Å²) in [6.07, 6.45) is 0. The van der Waals surface area contributed by atoms with E-state index in [0.29, 0.717) is 0 Å². The SMILES string of the molecule is CC(=O)[O][Hg+].CC(=O)[O][Hg+].CC(=O)[O][Hg+].CC(=O)[O][Hg+].CC(=O)[O][Hg+].[C-]#[O+].[C-]#[O+].[C-]#[O+].[Mn].[c]1[c][c][cH-][c]1. The van der Waals surface area contributed by atoms with E-state index < -0.39 is 0 Å². The zero-order valence-corrected chi connectivity index (χ0v) is 49.5. The maximum absolute atomic E-state index is 9.64. The van der Waals surface area contributed by atoms with Crippen LogP contribution >= 0.6 is 0 Å². The maximum Gasteiger partial charge on any atom is 0 e. The second kappa shape index (κ2) is 71.0. The van der Waals surface area contributed by atoms with Crippen LogP contribution in [0.3, 0.4) is 0 Å². The molecule has 0 saturated heterocycles. The van der Waals surface area contributed by atoms with Gasteiger partial charge in [-0.2, -0.15) is 18.2 Å². The molecule has 0 fully saturated rings. The van der Waals surface area contributed by atoms with Crippen molar-refractivity contribution < 1.29 is 201 Å². The van der Waals surface area contributed by atoms with E-state index in [1.54, 1.807) is 6.07 Å². The molecule has 0 amide bonds. The Labute approximate surface area is 311 Å². The van der Waals surface area contributed by atoms with Crippen LogP contribution in [0.4, 0.5) is 0 Å². The molecule has 13 nitrogen and oxygen atoms in total. The first kappa shape index (κ1) is 61.9. The van der Waals surface area contributed by atoms with Crippen molar-refractivity contribution >= 4 is 29.8 Å². The predicted octanol–water partition coefficient (Wildman–Crippen LogP) is 0.548. The van der Waals surface area contributed by atoms with Crippen molar-refractivity contribution in [3.8, 4) is 0 Å². The molecule has 0 N–H and O–H groups in total. The smallest absolute Gasteiger partial charge is 0 e. The summed E-state index contributed by atoms with van der Waals surface area (Å²) in [5.41, 5.74) is 0. The molecular formula is C18H16Hg5MnO13+4. The van der Waals surface area contributed by atoms with Gasteiger partial charge >= 0.3 is 268 Å². The fraction of sp³-hybridized carbons (Fsp3) is 0.278. The van der Waals surface area contributed by atoms with E-state index >= 15 is 0 Å². The Morgan fingerprint density at radius 2 is 0.622 bits per heavy atom. The van der Waals surface area contributed by atoms with Gasteiger partial charge in [-0.05, 0) is 0 Å². The number of carbonyl (C=O) groups excluding carboxylic acids is 5. The minimum absolute atomic E-state index is 0. The average Bonchev–Trinajstić information content (AvgIpc) is 3.49. The maximum atomic E-state index is 9.64. The first-order valence-electron chi connectivity index (χ1n) is 7.92. The van der Waals surface area contributed by atoms with E-state index in [0.717, 1.165) is 0 Å². The number of hydrogen-bond donors (Lipinski definition) is 0. The molecule has 37 heavy (non-hydrogen) atoms. The molecule has 0 saturated carbocycles. The second-order valence-corrected chi connectivity index (χ2v) is 9.47. The Bertz CT molecular complexity index is 554. The molecular weight excluding hydrogens is 1480 g/mol. The minimum atomic E-state index is -0.159. The predicted molar refractivity (Wildman–Crippen MR) is 88.0 cm³/mol. The quantitative estimate of drug-likeness (QED) is 0.202. The van der Waals surface area contributed by atoms with E-state index in [2.05, 4.69) is 57.4 Å². The fourth-order valence-corrected chi connectivity index (χ4v) is 0.180. The summed E-state index contributed by atoms with van der Waals surface area (Å²) in [6.45, 7) is 20.5. The van der Waals surface area contributed by atoms with Gasteiger partial charge in [-0.1, -0.05) is 0 Å². The van der Waals surface area contributed by atoms with Crippen LogP contribution in [0.1, 0.15) is 34.6 Å². The van der Waals surface area contributed by atoms with Gasteiger partial charge in [-0.3, -0.25) is 0 Å². The van der Waals surface area contributed by atoms with Gasteiger partial charge in [-0.15, -0.1) is 0 Å². The molecule has 19 heteroatoms. The van der Waals surface area contributed by atoms with Crippen LogP contribution in [0, 0.1) is 44.2 Å². The summed E-state index contributed by atoms with van der Waals surface area (Å²) >= 11 is 0.968. The van der Waals surface area contributed by atoms with Crippen LogP contribution in [0.2, 0.25) is 0 Å². The van der Waals surface area contributed by atoms with Gasteiger partial charge in [0.05, 0.1) is 0 Å². The molecule has 179 valence electrons. The van der Waals surface area contributed by atoms with Crippen molar-refractivity contribution in [1.29, 1.82) is 0 Å². The van der Waals surface area contributed by atoms with Crippen LogP contribution in [0.25, 0.3) is 0 Å². The summed E-state index contributed by atoms with van der Waals surface area (Å²) in [5, 5.41) is 0. The van der Waals surface area contributed by atoms with E-state index in [1.807, 2.05) is 0 Å². The third-order valence-electron chi connectivity index (χ3n) is 1.37. The molecule has 0 aliphatic rings. The molecule has 5 radical (unpaired) electrons. The number of rotatable bonds is 0. The summed E-state index contributed by atoms with van der Waals surface area (Å²) in [6, 6.07) is 12.0. The van der Waals surface area contributed by atoms with Crippen molar-refractivity contribution in [2.75, 3.05) is 0 Å². The zero-order chi connectivity index (χ0) is 31.0. The van der Waals surface area contributed by atoms with Gasteiger partial charge in [0, 0.05) is 17.1 Å². The van der Waals surface area contributed by atoms with Crippen molar-refractivity contribution in [2.24, 2.45) is 0 Å². The summed E-state index contributed by atoms with van der Waals surface area (Å²) in [4.78, 5) is 48.2. The minimum Gasteiger partial charge on any atom is -0.238 e. The largest absolute Gasteiger partial charge is 0.238 e. The Balaban J connectivity index is -0.0000000347. The molecule has 0 bridgehead atoms. The van der Waals surface area contributed by atoms with E-state index in [4.69, 9.17) is 14.0 Å². The Morgan fingerprint density at radius 3 is 0.649 bits per heavy atom. The summed E-state index contributed by atoms with van der Waals surface area (Å²) in [7, 11) is 0. The average molecular weight is 1500 g/mol. The monoisotopic (exact) mass is 1500 g/mol. The van der Waals surface area contributed by atoms with Crippen molar-refractivity contribution in [1.82, 2.24) is 0 Å². The van der Waals surface area contributed by atoms with Crippen LogP contribution in [0.15, 0.2) is 6.07 Å². The first-order valence-corrected chi connectivity index (χ1v) is 19.1. The fourth-order valence-electron chi connectivity index (χ4n) is 0.180. The molecule has 1 aromatic carbocycles. The molecule has 0 spiro atoms. The molecule has 0 atom stereocenters. The van der Waals surface area contributed by atoms with E-state index in [1.165, 1.54) is 34.6 Å². The number of carbonyl (C=O) groups is 5. The van der Waals surface area contributed by atoms with Crippen molar-refractivity contribution in [3.05, 3.63) is 50.3 Å². The van der Waals surface area contributed by atoms with Gasteiger partial charge in [0.25, 0.3) is 0 Å². The van der Waals surface area contributed by atoms with Crippen LogP contribution < -0.4 is 0 Å². The van der Waals surface area contributed by atoms with Crippen LogP contribution in [-0.4, -0.2) is 29.8 Å². The van der Waals surface area contributed by atoms with Crippen molar-refractivity contribution in [3.63, 3.8) is 0 Å². The first-order chi connectivity index (χ1) is 16.9. The zero-order valence-electron chi connectivity index (χ0n) is 20.8. The molecule has 0 aliphatic carbocycles. The van der Waals surface area contributed by atoms with Gasteiger partial charge in [0.15, 0.2) is 0 Å². The number of hydrogen-bond acceptors (Lipinski definition) is 10. The molecule has 1 rings (SSSR count). The summed E-state index contributed by atoms with van der Waals surface area (Å²) < 4.78 is 44.0. The standard InChI is InChI=1S/C5H.5C2H4O2.3CO.5Hg.Mn/c1-2-4-5-3-1;5*1-2(3)4;3*1-2;;;;;;/h1H;5*1H3,(H,3,4);;;;;;;;;/q-1;;;;;;;;;5*+2;/p-5. The van der Waals surface area contributed by atoms with Gasteiger partial charge in [0.2, 0.25) is 0 Å². The van der Waals surface area contributed by atoms with Crippen LogP contribution in [0.5, 0.6) is 0 Å². The Hall–Kier alpha value is 1.11. The van der Waals surface area contributed by atoms with Gasteiger partial charge in [-0.25, -0.2) is 12.1 Å². The normalized spacial score (nSPS) is 5.97. The molecule has 0 heterocycles. The molecule has 0 aliphatic heterocycles. The third-order valence-corrected chi connectivity index (χ3v) is 9.27. The molecule has 0 unspecified atom stereocenters. The van der Waals surface area contributed by atoms with Crippen molar-refractivity contribution in [2.45, 2.75) is 34.6 Å². The topological polar surface area (TPSA) is 191 Å². The van der Waals surface area contributed by atoms with Crippen LogP contribution in [-0.2, 0) is 201 Å². The third kappa shape index (κ3) is 176. The Kier molecular flexibility index (Phi) is 119. The second-order valence-electron chi connectivity index (χ2n) is 3.86. The van der Waals surface area contributed by atoms with Gasteiger partial charge in [0.1, 0.15) is 0 Å². The summed E-state index contributed by atoms with van der Waals surface area (Å²) in [5.74, 6) is -0.795.